The first kappa shape index (κ1) is 20.5. The summed E-state index contributed by atoms with van der Waals surface area (Å²) in [4.78, 5) is 12.9. The Bertz CT molecular complexity index is 948. The van der Waals surface area contributed by atoms with Crippen LogP contribution in [0.15, 0.2) is 49.1 Å². The van der Waals surface area contributed by atoms with Crippen LogP contribution in [0, 0.1) is 16.7 Å². The molecule has 1 aromatic rings. The van der Waals surface area contributed by atoms with Crippen molar-refractivity contribution in [2.45, 2.75) is 52.0 Å². The minimum Gasteiger partial charge on any atom is -0.299 e. The Morgan fingerprint density at radius 1 is 1.24 bits per heavy atom. The lowest BCUT2D eigenvalue weighted by molar-refractivity contribution is -0.128. The number of fused-ring (bicyclic) bond motifs is 2. The van der Waals surface area contributed by atoms with Crippen molar-refractivity contribution >= 4 is 21.4 Å². The molecule has 3 atom stereocenters. The van der Waals surface area contributed by atoms with Gasteiger partial charge >= 0.3 is 0 Å². The number of carbonyl (C=O) groups excluding carboxylic acids is 1. The molecule has 0 saturated heterocycles. The third-order valence-electron chi connectivity index (χ3n) is 7.84. The van der Waals surface area contributed by atoms with Crippen molar-refractivity contribution in [1.29, 1.82) is 0 Å². The number of rotatable bonds is 6. The van der Waals surface area contributed by atoms with E-state index in [-0.39, 0.29) is 23.0 Å². The standard InChI is InChI=1S/C24H31NO3S/c1-4-8-21-15-19(18-9-6-5-7-10-18)12-14-25(21)29(27,28)17-24-13-11-20(16-22(24)26)23(24,2)3/h4-7,9-10,15,20-21H,1,8,11-14,16-17H2,2-3H3/t20-,21+,24-/m1/s1. The Hall–Kier alpha value is -1.72. The first-order chi connectivity index (χ1) is 13.7. The number of nitrogens with zero attached hydrogens (tertiary/aromatic N) is 1. The SMILES string of the molecule is C=CC[C@H]1C=C(c2ccccc2)CCN1S(=O)(=O)C[C@]12CC[C@H](CC1=O)C2(C)C. The van der Waals surface area contributed by atoms with E-state index in [1.54, 1.807) is 10.4 Å². The Labute approximate surface area is 174 Å². The monoisotopic (exact) mass is 413 g/mol. The van der Waals surface area contributed by atoms with Crippen molar-refractivity contribution in [1.82, 2.24) is 4.31 Å². The van der Waals surface area contributed by atoms with E-state index >= 15 is 0 Å². The molecule has 1 aliphatic heterocycles. The van der Waals surface area contributed by atoms with E-state index in [4.69, 9.17) is 0 Å². The van der Waals surface area contributed by atoms with Gasteiger partial charge in [-0.05, 0) is 48.2 Å². The number of ketones is 1. The Balaban J connectivity index is 1.64. The minimum absolute atomic E-state index is 0.0511. The van der Waals surface area contributed by atoms with Crippen LogP contribution >= 0.6 is 0 Å². The zero-order valence-electron chi connectivity index (χ0n) is 17.4. The summed E-state index contributed by atoms with van der Waals surface area (Å²) < 4.78 is 28.8. The number of benzene rings is 1. The Morgan fingerprint density at radius 3 is 2.55 bits per heavy atom. The fourth-order valence-corrected chi connectivity index (χ4v) is 8.29. The van der Waals surface area contributed by atoms with Gasteiger partial charge in [0, 0.05) is 24.4 Å². The van der Waals surface area contributed by atoms with Gasteiger partial charge in [0.1, 0.15) is 5.78 Å². The maximum absolute atomic E-state index is 13.6. The largest absolute Gasteiger partial charge is 0.299 e. The van der Waals surface area contributed by atoms with Crippen molar-refractivity contribution in [3.63, 3.8) is 0 Å². The summed E-state index contributed by atoms with van der Waals surface area (Å²) in [5, 5.41) is 0. The lowest BCUT2D eigenvalue weighted by Crippen LogP contribution is -2.50. The van der Waals surface area contributed by atoms with Gasteiger partial charge in [-0.3, -0.25) is 4.79 Å². The molecule has 0 radical (unpaired) electrons. The molecule has 2 saturated carbocycles. The summed E-state index contributed by atoms with van der Waals surface area (Å²) in [6.07, 6.45) is 7.32. The maximum Gasteiger partial charge on any atom is 0.215 e. The summed E-state index contributed by atoms with van der Waals surface area (Å²) in [5.74, 6) is 0.421. The third-order valence-corrected chi connectivity index (χ3v) is 9.87. The van der Waals surface area contributed by atoms with Crippen LogP contribution in [0.4, 0.5) is 0 Å². The fourth-order valence-electron chi connectivity index (χ4n) is 5.89. The fraction of sp³-hybridized carbons (Fsp3) is 0.542. The van der Waals surface area contributed by atoms with Crippen LogP contribution in [0.1, 0.15) is 51.5 Å². The normalized spacial score (nSPS) is 31.7. The number of carbonyl (C=O) groups is 1. The molecule has 1 aromatic carbocycles. The number of hydrogen-bond donors (Lipinski definition) is 0. The van der Waals surface area contributed by atoms with Gasteiger partial charge in [-0.2, -0.15) is 4.31 Å². The van der Waals surface area contributed by atoms with Crippen molar-refractivity contribution < 1.29 is 13.2 Å². The zero-order valence-corrected chi connectivity index (χ0v) is 18.2. The van der Waals surface area contributed by atoms with Gasteiger partial charge in [0.2, 0.25) is 10.0 Å². The molecule has 0 unspecified atom stereocenters. The highest BCUT2D eigenvalue weighted by Crippen LogP contribution is 2.64. The maximum atomic E-state index is 13.6. The van der Waals surface area contributed by atoms with Crippen LogP contribution in [0.25, 0.3) is 5.57 Å². The molecule has 3 aliphatic rings. The van der Waals surface area contributed by atoms with Crippen LogP contribution in [0.3, 0.4) is 0 Å². The number of hydrogen-bond acceptors (Lipinski definition) is 3. The second-order valence-corrected chi connectivity index (χ2v) is 11.4. The van der Waals surface area contributed by atoms with E-state index in [1.165, 1.54) is 5.57 Å². The van der Waals surface area contributed by atoms with Gasteiger partial charge in [-0.25, -0.2) is 8.42 Å². The van der Waals surface area contributed by atoms with Gasteiger partial charge < -0.3 is 0 Å². The molecule has 2 aliphatic carbocycles. The average Bonchev–Trinajstić information content (AvgIpc) is 3.03. The van der Waals surface area contributed by atoms with Crippen molar-refractivity contribution in [2.75, 3.05) is 12.3 Å². The Kier molecular flexibility index (Phi) is 5.11. The van der Waals surface area contributed by atoms with Crippen LogP contribution in [-0.2, 0) is 14.8 Å². The minimum atomic E-state index is -3.57. The topological polar surface area (TPSA) is 54.5 Å². The van der Waals surface area contributed by atoms with Gasteiger partial charge in [-0.15, -0.1) is 6.58 Å². The van der Waals surface area contributed by atoms with Gasteiger partial charge in [0.05, 0.1) is 5.75 Å². The van der Waals surface area contributed by atoms with E-state index in [1.807, 2.05) is 18.2 Å². The second-order valence-electron chi connectivity index (χ2n) is 9.43. The molecule has 0 amide bonds. The summed E-state index contributed by atoms with van der Waals surface area (Å²) in [6, 6.07) is 9.89. The molecule has 2 bridgehead atoms. The molecule has 4 rings (SSSR count). The smallest absolute Gasteiger partial charge is 0.215 e. The molecular formula is C24H31NO3S. The molecule has 29 heavy (non-hydrogen) atoms. The first-order valence-corrected chi connectivity index (χ1v) is 12.2. The van der Waals surface area contributed by atoms with Crippen LogP contribution in [0.2, 0.25) is 0 Å². The molecule has 5 heteroatoms. The van der Waals surface area contributed by atoms with Crippen molar-refractivity contribution in [3.05, 3.63) is 54.6 Å². The van der Waals surface area contributed by atoms with Crippen LogP contribution in [0.5, 0.6) is 0 Å². The summed E-state index contributed by atoms with van der Waals surface area (Å²) in [5.41, 5.74) is 1.35. The first-order valence-electron chi connectivity index (χ1n) is 10.6. The highest BCUT2D eigenvalue weighted by Gasteiger charge is 2.65. The highest BCUT2D eigenvalue weighted by atomic mass is 32.2. The van der Waals surface area contributed by atoms with E-state index < -0.39 is 15.4 Å². The lowest BCUT2D eigenvalue weighted by Gasteiger charge is -2.40. The number of sulfonamides is 1. The second kappa shape index (κ2) is 7.21. The van der Waals surface area contributed by atoms with Crippen LogP contribution < -0.4 is 0 Å². The summed E-state index contributed by atoms with van der Waals surface area (Å²) in [6.45, 7) is 8.48. The third kappa shape index (κ3) is 3.23. The predicted molar refractivity (Wildman–Crippen MR) is 117 cm³/mol. The van der Waals surface area contributed by atoms with Crippen molar-refractivity contribution in [3.8, 4) is 0 Å². The zero-order chi connectivity index (χ0) is 20.9. The molecule has 4 nitrogen and oxygen atoms in total. The molecular weight excluding hydrogens is 382 g/mol. The van der Waals surface area contributed by atoms with E-state index in [9.17, 15) is 13.2 Å². The van der Waals surface area contributed by atoms with E-state index in [2.05, 4.69) is 38.6 Å². The Morgan fingerprint density at radius 2 is 1.97 bits per heavy atom. The predicted octanol–water partition coefficient (Wildman–Crippen LogP) is 4.45. The molecule has 1 heterocycles. The summed E-state index contributed by atoms with van der Waals surface area (Å²) in [7, 11) is -3.57. The molecule has 0 aromatic heterocycles. The lowest BCUT2D eigenvalue weighted by atomic mass is 9.70. The highest BCUT2D eigenvalue weighted by molar-refractivity contribution is 7.89. The van der Waals surface area contributed by atoms with Gasteiger partial charge in [0.15, 0.2) is 0 Å². The summed E-state index contributed by atoms with van der Waals surface area (Å²) >= 11 is 0. The van der Waals surface area contributed by atoms with Gasteiger partial charge in [-0.1, -0.05) is 56.3 Å². The average molecular weight is 414 g/mol. The quantitative estimate of drug-likeness (QED) is 0.648. The van der Waals surface area contributed by atoms with Crippen LogP contribution in [-0.4, -0.2) is 36.8 Å². The van der Waals surface area contributed by atoms with E-state index in [0.717, 1.165) is 12.0 Å². The van der Waals surface area contributed by atoms with E-state index in [0.29, 0.717) is 38.1 Å². The van der Waals surface area contributed by atoms with Gasteiger partial charge in [0.25, 0.3) is 0 Å². The molecule has 156 valence electrons. The molecule has 0 spiro atoms. The number of Topliss-reactive ketones (excluding diaryl/α,β-unsaturated/α-hetero) is 1. The van der Waals surface area contributed by atoms with Crippen molar-refractivity contribution in [2.24, 2.45) is 16.7 Å². The molecule has 0 N–H and O–H groups in total. The molecule has 2 fully saturated rings.